The first kappa shape index (κ1) is 18.8. The average molecular weight is 432 g/mol. The molecule has 1 amide bonds. The quantitative estimate of drug-likeness (QED) is 0.674. The van der Waals surface area contributed by atoms with Crippen molar-refractivity contribution in [3.05, 3.63) is 97.5 Å². The predicted molar refractivity (Wildman–Crippen MR) is 103 cm³/mol. The van der Waals surface area contributed by atoms with Crippen LogP contribution in [0.15, 0.2) is 74.9 Å². The van der Waals surface area contributed by atoms with Gasteiger partial charge in [-0.25, -0.2) is 13.8 Å². The molecule has 0 spiro atoms. The summed E-state index contributed by atoms with van der Waals surface area (Å²) >= 11 is 3.14. The molecule has 6 nitrogen and oxygen atoms in total. The van der Waals surface area contributed by atoms with Crippen molar-refractivity contribution in [2.75, 3.05) is 5.32 Å². The fourth-order valence-corrected chi connectivity index (χ4v) is 3.02. The maximum Gasteiger partial charge on any atom is 0.331 e. The molecule has 0 saturated heterocycles. The zero-order chi connectivity index (χ0) is 19.4. The minimum Gasteiger partial charge on any atom is -0.324 e. The zero-order valence-electron chi connectivity index (χ0n) is 14.1. The Balaban J connectivity index is 1.87. The van der Waals surface area contributed by atoms with Crippen molar-refractivity contribution < 1.29 is 9.18 Å². The lowest BCUT2D eigenvalue weighted by Gasteiger charge is -2.11. The van der Waals surface area contributed by atoms with Crippen LogP contribution < -0.4 is 16.6 Å². The van der Waals surface area contributed by atoms with Gasteiger partial charge in [0.2, 0.25) is 5.91 Å². The number of benzene rings is 2. The molecule has 0 fully saturated rings. The lowest BCUT2D eigenvalue weighted by molar-refractivity contribution is -0.116. The van der Waals surface area contributed by atoms with Crippen LogP contribution in [0.25, 0.3) is 0 Å². The molecule has 1 heterocycles. The molecule has 0 saturated carbocycles. The van der Waals surface area contributed by atoms with Crippen LogP contribution in [0.3, 0.4) is 0 Å². The van der Waals surface area contributed by atoms with Gasteiger partial charge < -0.3 is 5.32 Å². The van der Waals surface area contributed by atoms with E-state index in [0.717, 1.165) is 16.2 Å². The third kappa shape index (κ3) is 4.59. The molecule has 138 valence electrons. The van der Waals surface area contributed by atoms with E-state index < -0.39 is 29.5 Å². The van der Waals surface area contributed by atoms with E-state index in [2.05, 4.69) is 21.2 Å². The predicted octanol–water partition coefficient (Wildman–Crippen LogP) is 2.60. The number of halogens is 2. The summed E-state index contributed by atoms with van der Waals surface area (Å²) in [4.78, 5) is 37.2. The van der Waals surface area contributed by atoms with Crippen LogP contribution in [-0.4, -0.2) is 15.0 Å². The van der Waals surface area contributed by atoms with E-state index in [1.165, 1.54) is 29.0 Å². The second-order valence-electron chi connectivity index (χ2n) is 5.82. The van der Waals surface area contributed by atoms with Gasteiger partial charge in [-0.1, -0.05) is 36.4 Å². The first-order valence-corrected chi connectivity index (χ1v) is 8.82. The van der Waals surface area contributed by atoms with Crippen molar-refractivity contribution in [1.82, 2.24) is 9.13 Å². The number of carbonyl (C=O) groups excluding carboxylic acids is 1. The third-order valence-corrected chi connectivity index (χ3v) is 4.35. The Morgan fingerprint density at radius 2 is 1.81 bits per heavy atom. The fraction of sp³-hybridized carbons (Fsp3) is 0.105. The highest BCUT2D eigenvalue weighted by Crippen LogP contribution is 2.09. The molecule has 2 aromatic carbocycles. The molecule has 0 radical (unpaired) electrons. The number of carbonyl (C=O) groups is 1. The number of hydrogen-bond acceptors (Lipinski definition) is 3. The molecule has 0 unspecified atom stereocenters. The first-order chi connectivity index (χ1) is 12.9. The molecule has 1 N–H and O–H groups in total. The third-order valence-electron chi connectivity index (χ3n) is 3.80. The van der Waals surface area contributed by atoms with Crippen molar-refractivity contribution in [2.24, 2.45) is 0 Å². The van der Waals surface area contributed by atoms with Gasteiger partial charge in [0.1, 0.15) is 12.4 Å². The van der Waals surface area contributed by atoms with E-state index in [1.807, 2.05) is 30.3 Å². The minimum absolute atomic E-state index is 0.164. The van der Waals surface area contributed by atoms with Crippen molar-refractivity contribution in [2.45, 2.75) is 13.1 Å². The summed E-state index contributed by atoms with van der Waals surface area (Å²) in [6, 6.07) is 14.6. The fourth-order valence-electron chi connectivity index (χ4n) is 2.56. The van der Waals surface area contributed by atoms with Gasteiger partial charge in [-0.05, 0) is 39.7 Å². The van der Waals surface area contributed by atoms with E-state index in [9.17, 15) is 18.8 Å². The Bertz CT molecular complexity index is 1090. The first-order valence-electron chi connectivity index (χ1n) is 8.03. The Morgan fingerprint density at radius 3 is 2.52 bits per heavy atom. The number of nitrogens with zero attached hydrogens (tertiary/aromatic N) is 2. The highest BCUT2D eigenvalue weighted by Gasteiger charge is 2.14. The van der Waals surface area contributed by atoms with Gasteiger partial charge in [-0.2, -0.15) is 0 Å². The molecule has 0 atom stereocenters. The van der Waals surface area contributed by atoms with Crippen molar-refractivity contribution in [3.63, 3.8) is 0 Å². The summed E-state index contributed by atoms with van der Waals surface area (Å²) in [7, 11) is 0. The maximum absolute atomic E-state index is 13.2. The molecular weight excluding hydrogens is 417 g/mol. The second-order valence-corrected chi connectivity index (χ2v) is 6.68. The maximum atomic E-state index is 13.2. The zero-order valence-corrected chi connectivity index (χ0v) is 15.6. The van der Waals surface area contributed by atoms with Crippen LogP contribution in [0.1, 0.15) is 5.56 Å². The number of nitrogens with one attached hydrogen (secondary N) is 1. The monoisotopic (exact) mass is 431 g/mol. The van der Waals surface area contributed by atoms with E-state index in [1.54, 1.807) is 0 Å². The Kier molecular flexibility index (Phi) is 5.66. The van der Waals surface area contributed by atoms with E-state index in [0.29, 0.717) is 0 Å². The smallest absolute Gasteiger partial charge is 0.324 e. The van der Waals surface area contributed by atoms with Crippen LogP contribution in [0, 0.1) is 5.82 Å². The molecular formula is C19H15BrFN3O3. The summed E-state index contributed by atoms with van der Waals surface area (Å²) in [5.41, 5.74) is -0.103. The van der Waals surface area contributed by atoms with Gasteiger partial charge in [0, 0.05) is 11.9 Å². The van der Waals surface area contributed by atoms with Gasteiger partial charge in [0.15, 0.2) is 0 Å². The highest BCUT2D eigenvalue weighted by molar-refractivity contribution is 9.10. The summed E-state index contributed by atoms with van der Waals surface area (Å²) in [6.45, 7) is -0.230. The van der Waals surface area contributed by atoms with Crippen LogP contribution in [0.2, 0.25) is 0 Å². The Hall–Kier alpha value is -3.00. The standard InChI is InChI=1S/C19H15BrFN3O3/c20-16-11-23(10-13-5-2-1-3-6-13)19(27)24(18(16)26)12-17(25)22-15-8-4-7-14(21)9-15/h1-9,11H,10,12H2,(H,22,25). The van der Waals surface area contributed by atoms with E-state index in [4.69, 9.17) is 0 Å². The van der Waals surface area contributed by atoms with Gasteiger partial charge in [0.25, 0.3) is 5.56 Å². The Labute approximate surface area is 162 Å². The molecule has 3 rings (SSSR count). The SMILES string of the molecule is O=C(Cn1c(=O)c(Br)cn(Cc2ccccc2)c1=O)Nc1cccc(F)c1. The molecule has 3 aromatic rings. The van der Waals surface area contributed by atoms with E-state index >= 15 is 0 Å². The molecule has 0 aliphatic heterocycles. The van der Waals surface area contributed by atoms with Gasteiger partial charge in [0.05, 0.1) is 11.0 Å². The summed E-state index contributed by atoms with van der Waals surface area (Å²) in [5.74, 6) is -1.11. The molecule has 0 bridgehead atoms. The average Bonchev–Trinajstić information content (AvgIpc) is 2.64. The van der Waals surface area contributed by atoms with Crippen molar-refractivity contribution in [1.29, 1.82) is 0 Å². The number of amides is 1. The van der Waals surface area contributed by atoms with Gasteiger partial charge in [-0.3, -0.25) is 14.2 Å². The lowest BCUT2D eigenvalue weighted by Crippen LogP contribution is -2.42. The second kappa shape index (κ2) is 8.13. The lowest BCUT2D eigenvalue weighted by atomic mass is 10.2. The molecule has 8 heteroatoms. The number of rotatable bonds is 5. The summed E-state index contributed by atoms with van der Waals surface area (Å²) in [6.07, 6.45) is 1.40. The van der Waals surface area contributed by atoms with Crippen LogP contribution in [-0.2, 0) is 17.9 Å². The number of anilines is 1. The molecule has 27 heavy (non-hydrogen) atoms. The van der Waals surface area contributed by atoms with Gasteiger partial charge >= 0.3 is 5.69 Å². The molecule has 0 aliphatic carbocycles. The normalized spacial score (nSPS) is 10.6. The van der Waals surface area contributed by atoms with Gasteiger partial charge in [-0.15, -0.1) is 0 Å². The Morgan fingerprint density at radius 1 is 1.07 bits per heavy atom. The van der Waals surface area contributed by atoms with Crippen LogP contribution in [0.4, 0.5) is 10.1 Å². The van der Waals surface area contributed by atoms with Crippen molar-refractivity contribution >= 4 is 27.5 Å². The number of aromatic nitrogens is 2. The summed E-state index contributed by atoms with van der Waals surface area (Å²) < 4.78 is 15.6. The van der Waals surface area contributed by atoms with Crippen LogP contribution >= 0.6 is 15.9 Å². The summed E-state index contributed by atoms with van der Waals surface area (Å²) in [5, 5.41) is 2.47. The number of hydrogen-bond donors (Lipinski definition) is 1. The topological polar surface area (TPSA) is 73.1 Å². The molecule has 1 aromatic heterocycles. The van der Waals surface area contributed by atoms with E-state index in [-0.39, 0.29) is 16.7 Å². The van der Waals surface area contributed by atoms with Crippen LogP contribution in [0.5, 0.6) is 0 Å². The highest BCUT2D eigenvalue weighted by atomic mass is 79.9. The molecule has 0 aliphatic rings. The largest absolute Gasteiger partial charge is 0.331 e. The van der Waals surface area contributed by atoms with Crippen molar-refractivity contribution in [3.8, 4) is 0 Å². The minimum atomic E-state index is -0.612.